The third kappa shape index (κ3) is 4.00. The normalized spacial score (nSPS) is 10.5. The van der Waals surface area contributed by atoms with Gasteiger partial charge in [-0.1, -0.05) is 48.5 Å². The van der Waals surface area contributed by atoms with Crippen LogP contribution in [0, 0.1) is 11.3 Å². The highest BCUT2D eigenvalue weighted by atomic mass is 16.6. The number of carbonyl (C=O) groups excluding carboxylic acids is 1. The summed E-state index contributed by atoms with van der Waals surface area (Å²) in [5.41, 5.74) is 0.960. The quantitative estimate of drug-likeness (QED) is 0.368. The van der Waals surface area contributed by atoms with Crippen molar-refractivity contribution in [1.82, 2.24) is 9.78 Å². The van der Waals surface area contributed by atoms with Gasteiger partial charge in [-0.3, -0.25) is 4.79 Å². The summed E-state index contributed by atoms with van der Waals surface area (Å²) < 4.78 is 12.0. The largest absolute Gasteiger partial charge is 0.493 e. The van der Waals surface area contributed by atoms with Gasteiger partial charge in [0, 0.05) is 11.5 Å². The van der Waals surface area contributed by atoms with Crippen LogP contribution >= 0.6 is 0 Å². The highest BCUT2D eigenvalue weighted by Gasteiger charge is 2.20. The second-order valence-electron chi connectivity index (χ2n) is 6.71. The Bertz CT molecular complexity index is 1370. The third-order valence-corrected chi connectivity index (χ3v) is 4.73. The smallest absolute Gasteiger partial charge is 0.364 e. The van der Waals surface area contributed by atoms with Gasteiger partial charge in [0.05, 0.1) is 30.7 Å². The molecule has 7 heteroatoms. The number of hydrogen-bond donors (Lipinski definition) is 0. The molecule has 0 N–H and O–H groups in total. The Morgan fingerprint density at radius 3 is 2.42 bits per heavy atom. The second-order valence-corrected chi connectivity index (χ2v) is 6.71. The van der Waals surface area contributed by atoms with Gasteiger partial charge in [-0.2, -0.15) is 10.4 Å². The van der Waals surface area contributed by atoms with Gasteiger partial charge in [0.2, 0.25) is 0 Å². The molecule has 0 spiro atoms. The van der Waals surface area contributed by atoms with Crippen molar-refractivity contribution in [2.24, 2.45) is 0 Å². The van der Waals surface area contributed by atoms with Gasteiger partial charge in [0.1, 0.15) is 0 Å². The van der Waals surface area contributed by atoms with Crippen LogP contribution in [0.4, 0.5) is 0 Å². The van der Waals surface area contributed by atoms with Crippen molar-refractivity contribution in [3.05, 3.63) is 100.0 Å². The summed E-state index contributed by atoms with van der Waals surface area (Å²) in [6.45, 7) is 0.213. The van der Waals surface area contributed by atoms with Crippen LogP contribution in [0.3, 0.4) is 0 Å². The minimum atomic E-state index is -0.735. The molecule has 0 saturated heterocycles. The van der Waals surface area contributed by atoms with E-state index < -0.39 is 5.97 Å². The molecule has 1 heterocycles. The number of benzene rings is 3. The molecule has 1 aromatic heterocycles. The van der Waals surface area contributed by atoms with E-state index in [0.717, 1.165) is 5.56 Å². The van der Waals surface area contributed by atoms with Crippen LogP contribution in [0.2, 0.25) is 0 Å². The first-order valence-electron chi connectivity index (χ1n) is 9.45. The maximum absolute atomic E-state index is 13.0. The number of ether oxygens (including phenoxy) is 2. The number of hydrogen-bond acceptors (Lipinski definition) is 6. The van der Waals surface area contributed by atoms with Gasteiger partial charge in [-0.25, -0.2) is 9.48 Å². The van der Waals surface area contributed by atoms with Gasteiger partial charge >= 0.3 is 5.97 Å². The third-order valence-electron chi connectivity index (χ3n) is 4.73. The molecule has 3 aromatic carbocycles. The lowest BCUT2D eigenvalue weighted by Gasteiger charge is -2.12. The maximum Gasteiger partial charge on any atom is 0.364 e. The second kappa shape index (κ2) is 8.51. The first-order chi connectivity index (χ1) is 15.1. The molecule has 0 fully saturated rings. The highest BCUT2D eigenvalue weighted by molar-refractivity contribution is 6.03. The Morgan fingerprint density at radius 2 is 1.71 bits per heavy atom. The fraction of sp³-hybridized carbons (Fsp3) is 0.0833. The molecule has 0 unspecified atom stereocenters. The number of methoxy groups -OCH3 is 1. The van der Waals surface area contributed by atoms with E-state index in [9.17, 15) is 9.59 Å². The Morgan fingerprint density at radius 1 is 1.00 bits per heavy atom. The summed E-state index contributed by atoms with van der Waals surface area (Å²) in [6, 6.07) is 22.6. The maximum atomic E-state index is 13.0. The van der Waals surface area contributed by atoms with Crippen molar-refractivity contribution in [2.45, 2.75) is 6.54 Å². The fourth-order valence-corrected chi connectivity index (χ4v) is 3.22. The molecule has 4 rings (SSSR count). The Kier molecular flexibility index (Phi) is 5.45. The predicted octanol–water partition coefficient (Wildman–Crippen LogP) is 3.54. The Labute approximate surface area is 177 Å². The first kappa shape index (κ1) is 19.9. The van der Waals surface area contributed by atoms with Crippen molar-refractivity contribution < 1.29 is 14.3 Å². The van der Waals surface area contributed by atoms with E-state index in [0.29, 0.717) is 16.3 Å². The molecule has 31 heavy (non-hydrogen) atoms. The van der Waals surface area contributed by atoms with Crippen LogP contribution in [-0.4, -0.2) is 22.9 Å². The zero-order valence-electron chi connectivity index (χ0n) is 16.6. The minimum Gasteiger partial charge on any atom is -0.493 e. The lowest BCUT2D eigenvalue weighted by atomic mass is 10.1. The molecule has 0 saturated carbocycles. The topological polar surface area (TPSA) is 94.2 Å². The van der Waals surface area contributed by atoms with Crippen molar-refractivity contribution in [1.29, 1.82) is 5.26 Å². The molecule has 0 atom stereocenters. The van der Waals surface area contributed by atoms with E-state index >= 15 is 0 Å². The van der Waals surface area contributed by atoms with Gasteiger partial charge in [0.25, 0.3) is 5.56 Å². The van der Waals surface area contributed by atoms with E-state index in [4.69, 9.17) is 14.7 Å². The minimum absolute atomic E-state index is 0.0116. The molecule has 7 nitrogen and oxygen atoms in total. The predicted molar refractivity (Wildman–Crippen MR) is 114 cm³/mol. The van der Waals surface area contributed by atoms with E-state index in [2.05, 4.69) is 5.10 Å². The molecule has 0 radical (unpaired) electrons. The van der Waals surface area contributed by atoms with E-state index in [-0.39, 0.29) is 29.3 Å². The zero-order chi connectivity index (χ0) is 21.8. The van der Waals surface area contributed by atoms with Crippen molar-refractivity contribution >= 4 is 16.7 Å². The lowest BCUT2D eigenvalue weighted by molar-refractivity contribution is 0.0723. The molecule has 152 valence electrons. The van der Waals surface area contributed by atoms with Crippen LogP contribution in [0.25, 0.3) is 10.8 Å². The van der Waals surface area contributed by atoms with Crippen LogP contribution in [0.15, 0.2) is 77.6 Å². The van der Waals surface area contributed by atoms with Crippen molar-refractivity contribution in [3.63, 3.8) is 0 Å². The van der Waals surface area contributed by atoms with Crippen molar-refractivity contribution in [3.8, 4) is 17.6 Å². The van der Waals surface area contributed by atoms with Crippen LogP contribution in [-0.2, 0) is 6.54 Å². The summed E-state index contributed by atoms with van der Waals surface area (Å²) in [4.78, 5) is 26.0. The van der Waals surface area contributed by atoms with E-state index in [1.54, 1.807) is 24.3 Å². The molecule has 0 aliphatic carbocycles. The average Bonchev–Trinajstić information content (AvgIpc) is 2.81. The molecule has 0 amide bonds. The number of carbonyl (C=O) groups is 1. The van der Waals surface area contributed by atoms with E-state index in [1.807, 2.05) is 36.4 Å². The lowest BCUT2D eigenvalue weighted by Crippen LogP contribution is -2.27. The fourth-order valence-electron chi connectivity index (χ4n) is 3.22. The summed E-state index contributed by atoms with van der Waals surface area (Å²) in [5, 5.41) is 14.1. The standard InChI is InChI=1S/C24H17N3O4/c1-30-21-13-17(14-25)11-12-20(21)31-24(29)22-18-9-5-6-10-19(18)23(28)27(26-22)15-16-7-3-2-4-8-16/h2-13H,15H2,1H3. The monoisotopic (exact) mass is 411 g/mol. The van der Waals surface area contributed by atoms with Gasteiger partial charge in [-0.15, -0.1) is 0 Å². The number of fused-ring (bicyclic) bond motifs is 1. The van der Waals surface area contributed by atoms with Crippen molar-refractivity contribution in [2.75, 3.05) is 7.11 Å². The number of aromatic nitrogens is 2. The average molecular weight is 411 g/mol. The first-order valence-corrected chi connectivity index (χ1v) is 9.45. The number of esters is 1. The van der Waals surface area contributed by atoms with E-state index in [1.165, 1.54) is 30.0 Å². The van der Waals surface area contributed by atoms with Crippen LogP contribution < -0.4 is 15.0 Å². The summed E-state index contributed by atoms with van der Waals surface area (Å²) in [6.07, 6.45) is 0. The Hall–Kier alpha value is -4.44. The highest BCUT2D eigenvalue weighted by Crippen LogP contribution is 2.29. The van der Waals surface area contributed by atoms with Gasteiger partial charge in [0.15, 0.2) is 17.2 Å². The molecule has 0 aliphatic heterocycles. The number of rotatable bonds is 5. The zero-order valence-corrected chi connectivity index (χ0v) is 16.6. The number of nitriles is 1. The summed E-state index contributed by atoms with van der Waals surface area (Å²) in [7, 11) is 1.42. The van der Waals surface area contributed by atoms with Gasteiger partial charge < -0.3 is 9.47 Å². The van der Waals surface area contributed by atoms with Crippen LogP contribution in [0.1, 0.15) is 21.6 Å². The molecule has 0 bridgehead atoms. The molecule has 4 aromatic rings. The van der Waals surface area contributed by atoms with Crippen LogP contribution in [0.5, 0.6) is 11.5 Å². The molecular weight excluding hydrogens is 394 g/mol. The number of nitrogens with zero attached hydrogens (tertiary/aromatic N) is 3. The molecular formula is C24H17N3O4. The SMILES string of the molecule is COc1cc(C#N)ccc1OC(=O)c1nn(Cc2ccccc2)c(=O)c2ccccc12. The molecule has 0 aliphatic rings. The van der Waals surface area contributed by atoms with Gasteiger partial charge in [-0.05, 0) is 23.8 Å². The summed E-state index contributed by atoms with van der Waals surface area (Å²) in [5.74, 6) is -0.339. The Balaban J connectivity index is 1.78. The summed E-state index contributed by atoms with van der Waals surface area (Å²) >= 11 is 0.